The van der Waals surface area contributed by atoms with Gasteiger partial charge in [-0.1, -0.05) is 84.4 Å². The summed E-state index contributed by atoms with van der Waals surface area (Å²) in [6.07, 6.45) is -5.12. The molecule has 0 aromatic heterocycles. The second-order valence-corrected chi connectivity index (χ2v) is 7.80. The van der Waals surface area contributed by atoms with Crippen molar-refractivity contribution < 1.29 is 22.7 Å². The van der Waals surface area contributed by atoms with Gasteiger partial charge >= 0.3 is 12.1 Å². The predicted octanol–water partition coefficient (Wildman–Crippen LogP) is 7.97. The van der Waals surface area contributed by atoms with Crippen LogP contribution < -0.4 is 0 Å². The number of ether oxygens (including phenoxy) is 1. The Morgan fingerprint density at radius 3 is 1.94 bits per heavy atom. The average molecular weight is 467 g/mol. The predicted molar refractivity (Wildman–Crippen MR) is 122 cm³/mol. The standard InChI is InChI=1S/C27H18ClF3O2/c28-22-16-12-20(13-17-22)25(19-6-2-1-3-7-19)33-26(32)24-9-5-4-8-23(24)18-10-14-21(15-11-18)27(29,30)31/h1-17,25H/t25-/m0/s1. The van der Waals surface area contributed by atoms with Crippen molar-refractivity contribution in [3.8, 4) is 11.1 Å². The lowest BCUT2D eigenvalue weighted by molar-refractivity contribution is -0.137. The molecule has 0 radical (unpaired) electrons. The number of hydrogen-bond donors (Lipinski definition) is 0. The van der Waals surface area contributed by atoms with Crippen molar-refractivity contribution in [1.29, 1.82) is 0 Å². The Morgan fingerprint density at radius 1 is 0.727 bits per heavy atom. The Hall–Kier alpha value is -3.57. The van der Waals surface area contributed by atoms with Gasteiger partial charge in [-0.05, 0) is 52.6 Å². The van der Waals surface area contributed by atoms with Gasteiger partial charge in [0.1, 0.15) is 0 Å². The molecule has 4 rings (SSSR count). The SMILES string of the molecule is O=C(O[C@@H](c1ccccc1)c1ccc(Cl)cc1)c1ccccc1-c1ccc(C(F)(F)F)cc1. The van der Waals surface area contributed by atoms with Gasteiger partial charge in [-0.3, -0.25) is 0 Å². The number of benzene rings is 4. The van der Waals surface area contributed by atoms with Crippen LogP contribution in [0, 0.1) is 0 Å². The van der Waals surface area contributed by atoms with Crippen LogP contribution in [0.4, 0.5) is 13.2 Å². The molecule has 2 nitrogen and oxygen atoms in total. The highest BCUT2D eigenvalue weighted by Gasteiger charge is 2.30. The van der Waals surface area contributed by atoms with Gasteiger partial charge in [0.25, 0.3) is 0 Å². The molecule has 0 saturated carbocycles. The van der Waals surface area contributed by atoms with E-state index in [2.05, 4.69) is 0 Å². The second kappa shape index (κ2) is 9.51. The molecule has 1 atom stereocenters. The van der Waals surface area contributed by atoms with E-state index in [1.165, 1.54) is 12.1 Å². The number of rotatable bonds is 5. The summed E-state index contributed by atoms with van der Waals surface area (Å²) in [7, 11) is 0. The van der Waals surface area contributed by atoms with E-state index in [0.29, 0.717) is 16.1 Å². The molecule has 0 saturated heterocycles. The molecule has 0 aliphatic rings. The minimum atomic E-state index is -4.43. The van der Waals surface area contributed by atoms with Crippen LogP contribution in [0.25, 0.3) is 11.1 Å². The van der Waals surface area contributed by atoms with Gasteiger partial charge in [-0.2, -0.15) is 13.2 Å². The summed E-state index contributed by atoms with van der Waals surface area (Å²) in [5.74, 6) is -0.589. The normalized spacial score (nSPS) is 12.2. The van der Waals surface area contributed by atoms with Gasteiger partial charge in [-0.25, -0.2) is 4.79 Å². The lowest BCUT2D eigenvalue weighted by Gasteiger charge is -2.20. The van der Waals surface area contributed by atoms with Gasteiger partial charge in [0.15, 0.2) is 6.10 Å². The molecule has 33 heavy (non-hydrogen) atoms. The van der Waals surface area contributed by atoms with Gasteiger partial charge in [0, 0.05) is 5.02 Å². The Kier molecular flexibility index (Phi) is 6.52. The monoisotopic (exact) mass is 466 g/mol. The highest BCUT2D eigenvalue weighted by molar-refractivity contribution is 6.30. The fraction of sp³-hybridized carbons (Fsp3) is 0.0741. The zero-order chi connectivity index (χ0) is 23.4. The zero-order valence-corrected chi connectivity index (χ0v) is 18.0. The van der Waals surface area contributed by atoms with Gasteiger partial charge in [0.2, 0.25) is 0 Å². The third-order valence-corrected chi connectivity index (χ3v) is 5.42. The Labute approximate surface area is 194 Å². The number of esters is 1. The van der Waals surface area contributed by atoms with Crippen molar-refractivity contribution in [2.75, 3.05) is 0 Å². The molecule has 0 spiro atoms. The van der Waals surface area contributed by atoms with Crippen molar-refractivity contribution >= 4 is 17.6 Å². The van der Waals surface area contributed by atoms with E-state index >= 15 is 0 Å². The van der Waals surface area contributed by atoms with Crippen molar-refractivity contribution in [2.45, 2.75) is 12.3 Å². The van der Waals surface area contributed by atoms with E-state index in [-0.39, 0.29) is 5.56 Å². The van der Waals surface area contributed by atoms with Crippen LogP contribution in [0.15, 0.2) is 103 Å². The van der Waals surface area contributed by atoms with E-state index in [9.17, 15) is 18.0 Å². The van der Waals surface area contributed by atoms with Crippen LogP contribution in [0.5, 0.6) is 0 Å². The van der Waals surface area contributed by atoms with Crippen LogP contribution >= 0.6 is 11.6 Å². The van der Waals surface area contributed by atoms with Gasteiger partial charge in [0.05, 0.1) is 11.1 Å². The van der Waals surface area contributed by atoms with Gasteiger partial charge < -0.3 is 4.74 Å². The minimum absolute atomic E-state index is 0.257. The maximum absolute atomic E-state index is 13.3. The van der Waals surface area contributed by atoms with Crippen molar-refractivity contribution in [3.63, 3.8) is 0 Å². The number of carbonyl (C=O) groups is 1. The molecule has 166 valence electrons. The lowest BCUT2D eigenvalue weighted by atomic mass is 9.98. The van der Waals surface area contributed by atoms with Crippen molar-refractivity contribution in [2.24, 2.45) is 0 Å². The third kappa shape index (κ3) is 5.26. The van der Waals surface area contributed by atoms with Crippen molar-refractivity contribution in [3.05, 3.63) is 130 Å². The molecule has 0 fully saturated rings. The third-order valence-electron chi connectivity index (χ3n) is 5.17. The number of alkyl halides is 3. The van der Waals surface area contributed by atoms with Crippen LogP contribution in [0.3, 0.4) is 0 Å². The summed E-state index contributed by atoms with van der Waals surface area (Å²) < 4.78 is 44.7. The van der Waals surface area contributed by atoms with E-state index < -0.39 is 23.8 Å². The Balaban J connectivity index is 1.68. The first-order valence-corrected chi connectivity index (χ1v) is 10.5. The number of carbonyl (C=O) groups excluding carboxylic acids is 1. The quantitative estimate of drug-likeness (QED) is 0.279. The molecule has 4 aromatic rings. The highest BCUT2D eigenvalue weighted by Crippen LogP contribution is 2.33. The molecule has 0 bridgehead atoms. The summed E-state index contributed by atoms with van der Waals surface area (Å²) in [6.45, 7) is 0. The van der Waals surface area contributed by atoms with Crippen LogP contribution in [-0.2, 0) is 10.9 Å². The van der Waals surface area contributed by atoms with Gasteiger partial charge in [-0.15, -0.1) is 0 Å². The first-order chi connectivity index (χ1) is 15.8. The van der Waals surface area contributed by atoms with E-state index in [1.54, 1.807) is 48.5 Å². The smallest absolute Gasteiger partial charge is 0.416 e. The van der Waals surface area contributed by atoms with E-state index in [1.807, 2.05) is 30.3 Å². The Morgan fingerprint density at radius 2 is 1.30 bits per heavy atom. The fourth-order valence-electron chi connectivity index (χ4n) is 3.52. The maximum atomic E-state index is 13.3. The van der Waals surface area contributed by atoms with E-state index in [0.717, 1.165) is 23.3 Å². The number of hydrogen-bond acceptors (Lipinski definition) is 2. The summed E-state index contributed by atoms with van der Waals surface area (Å²) in [5.41, 5.74) is 1.99. The first kappa shape index (κ1) is 22.6. The molecule has 0 heterocycles. The van der Waals surface area contributed by atoms with Crippen LogP contribution in [0.1, 0.15) is 33.2 Å². The topological polar surface area (TPSA) is 26.3 Å². The minimum Gasteiger partial charge on any atom is -0.449 e. The molecule has 0 unspecified atom stereocenters. The molecule has 0 N–H and O–H groups in total. The summed E-state index contributed by atoms with van der Waals surface area (Å²) in [5, 5.41) is 0.560. The Bertz CT molecular complexity index is 1240. The maximum Gasteiger partial charge on any atom is 0.416 e. The molecule has 6 heteroatoms. The summed E-state index contributed by atoms with van der Waals surface area (Å²) in [6, 6.07) is 27.7. The second-order valence-electron chi connectivity index (χ2n) is 7.37. The van der Waals surface area contributed by atoms with E-state index in [4.69, 9.17) is 16.3 Å². The lowest BCUT2D eigenvalue weighted by Crippen LogP contribution is -2.14. The molecule has 0 amide bonds. The number of halogens is 4. The average Bonchev–Trinajstić information content (AvgIpc) is 2.83. The first-order valence-electron chi connectivity index (χ1n) is 10.1. The molecule has 4 aromatic carbocycles. The highest BCUT2D eigenvalue weighted by atomic mass is 35.5. The zero-order valence-electron chi connectivity index (χ0n) is 17.2. The molecule has 0 aliphatic heterocycles. The van der Waals surface area contributed by atoms with Crippen molar-refractivity contribution in [1.82, 2.24) is 0 Å². The largest absolute Gasteiger partial charge is 0.449 e. The summed E-state index contributed by atoms with van der Waals surface area (Å²) in [4.78, 5) is 13.3. The van der Waals surface area contributed by atoms with Crippen LogP contribution in [-0.4, -0.2) is 5.97 Å². The van der Waals surface area contributed by atoms with Crippen LogP contribution in [0.2, 0.25) is 5.02 Å². The molecular formula is C27H18ClF3O2. The molecular weight excluding hydrogens is 449 g/mol. The summed E-state index contributed by atoms with van der Waals surface area (Å²) >= 11 is 6.01. The molecule has 0 aliphatic carbocycles. The fourth-order valence-corrected chi connectivity index (χ4v) is 3.64.